The second-order valence-electron chi connectivity index (χ2n) is 3.05. The zero-order chi connectivity index (χ0) is 12.7. The number of sulfonamides is 1. The molecule has 1 aromatic rings. The zero-order valence-corrected chi connectivity index (χ0v) is 11.6. The number of nitrogens with zero attached hydrogens (tertiary/aromatic N) is 1. The predicted octanol–water partition coefficient (Wildman–Crippen LogP) is 1.20. The van der Waals surface area contributed by atoms with Gasteiger partial charge in [-0.15, -0.1) is 0 Å². The van der Waals surface area contributed by atoms with E-state index in [0.717, 1.165) is 0 Å². The summed E-state index contributed by atoms with van der Waals surface area (Å²) in [6.07, 6.45) is 1.39. The highest BCUT2D eigenvalue weighted by atomic mass is 79.9. The van der Waals surface area contributed by atoms with Crippen molar-refractivity contribution >= 4 is 31.6 Å². The molecule has 0 aromatic carbocycles. The fraction of sp³-hybridized carbons (Fsp3) is 0.444. The first-order valence-electron chi connectivity index (χ1n) is 4.71. The lowest BCUT2D eigenvalue weighted by atomic mass is 10.4. The number of hydrogen-bond donors (Lipinski definition) is 1. The molecule has 1 N–H and O–H groups in total. The van der Waals surface area contributed by atoms with Crippen molar-refractivity contribution in [3.8, 4) is 5.88 Å². The quantitative estimate of drug-likeness (QED) is 0.602. The third-order valence-electron chi connectivity index (χ3n) is 1.69. The van der Waals surface area contributed by atoms with Crippen LogP contribution in [0.2, 0.25) is 0 Å². The van der Waals surface area contributed by atoms with Gasteiger partial charge in [-0.2, -0.15) is 0 Å². The highest BCUT2D eigenvalue weighted by Crippen LogP contribution is 2.13. The molecule has 96 valence electrons. The molecule has 0 aliphatic carbocycles. The molecular weight excluding hydrogens is 312 g/mol. The number of ether oxygens (including phenoxy) is 2. The van der Waals surface area contributed by atoms with Gasteiger partial charge in [-0.3, -0.25) is 4.72 Å². The van der Waals surface area contributed by atoms with E-state index in [2.05, 4.69) is 25.6 Å². The molecule has 0 atom stereocenters. The molecule has 0 unspecified atom stereocenters. The van der Waals surface area contributed by atoms with Crippen molar-refractivity contribution < 1.29 is 17.9 Å². The molecule has 0 radical (unpaired) electrons. The Morgan fingerprint density at radius 1 is 1.41 bits per heavy atom. The molecule has 8 heteroatoms. The summed E-state index contributed by atoms with van der Waals surface area (Å²) in [6, 6.07) is 3.16. The van der Waals surface area contributed by atoms with Crippen molar-refractivity contribution in [2.75, 3.05) is 29.7 Å². The lowest BCUT2D eigenvalue weighted by Crippen LogP contribution is -2.13. The Labute approximate surface area is 109 Å². The monoisotopic (exact) mass is 324 g/mol. The Morgan fingerprint density at radius 2 is 2.18 bits per heavy atom. The summed E-state index contributed by atoms with van der Waals surface area (Å²) >= 11 is 2.88. The van der Waals surface area contributed by atoms with Gasteiger partial charge >= 0.3 is 0 Å². The average molecular weight is 325 g/mol. The molecule has 1 rings (SSSR count). The van der Waals surface area contributed by atoms with Crippen LogP contribution in [0.1, 0.15) is 0 Å². The van der Waals surface area contributed by atoms with E-state index < -0.39 is 10.0 Å². The number of anilines is 1. The zero-order valence-electron chi connectivity index (χ0n) is 9.22. The molecule has 0 spiro atoms. The Balaban J connectivity index is 2.56. The van der Waals surface area contributed by atoms with Gasteiger partial charge in [-0.1, -0.05) is 15.9 Å². The summed E-state index contributed by atoms with van der Waals surface area (Å²) in [5, 5.41) is 0. The Bertz CT molecular complexity index is 435. The van der Waals surface area contributed by atoms with Crippen molar-refractivity contribution in [1.29, 1.82) is 0 Å². The highest BCUT2D eigenvalue weighted by Gasteiger charge is 2.07. The third kappa shape index (κ3) is 5.33. The van der Waals surface area contributed by atoms with Crippen molar-refractivity contribution in [2.24, 2.45) is 0 Å². The van der Waals surface area contributed by atoms with Crippen LogP contribution in [0.5, 0.6) is 5.88 Å². The topological polar surface area (TPSA) is 77.5 Å². The van der Waals surface area contributed by atoms with Crippen LogP contribution in [0.4, 0.5) is 5.69 Å². The van der Waals surface area contributed by atoms with Crippen LogP contribution >= 0.6 is 15.9 Å². The summed E-state index contributed by atoms with van der Waals surface area (Å²) in [6.45, 7) is 0.871. The van der Waals surface area contributed by atoms with Crippen molar-refractivity contribution in [3.05, 3.63) is 18.3 Å². The van der Waals surface area contributed by atoms with E-state index in [0.29, 0.717) is 24.8 Å². The molecule has 0 aliphatic rings. The van der Waals surface area contributed by atoms with Gasteiger partial charge in [-0.25, -0.2) is 13.4 Å². The number of alkyl halides is 1. The summed E-state index contributed by atoms with van der Waals surface area (Å²) in [7, 11) is -1.76. The van der Waals surface area contributed by atoms with E-state index in [9.17, 15) is 8.42 Å². The third-order valence-corrected chi connectivity index (χ3v) is 4.33. The Kier molecular flexibility index (Phi) is 5.66. The maximum atomic E-state index is 11.2. The van der Waals surface area contributed by atoms with Crippen LogP contribution in [0.15, 0.2) is 18.3 Å². The number of nitrogens with one attached hydrogen (secondary N) is 1. The summed E-state index contributed by atoms with van der Waals surface area (Å²) in [5.41, 5.74) is 0.392. The standard InChI is InChI=1S/C9H13BrN2O4S/c1-15-4-5-16-9-3-2-8(6-11-9)12-17(13,14)7-10/h2-3,6,12H,4-5,7H2,1H3. The molecular formula is C9H13BrN2O4S. The smallest absolute Gasteiger partial charge is 0.242 e. The van der Waals surface area contributed by atoms with E-state index >= 15 is 0 Å². The Morgan fingerprint density at radius 3 is 2.71 bits per heavy atom. The Hall–Kier alpha value is -0.860. The fourth-order valence-electron chi connectivity index (χ4n) is 0.962. The molecule has 0 bridgehead atoms. The number of pyridine rings is 1. The lowest BCUT2D eigenvalue weighted by Gasteiger charge is -2.07. The van der Waals surface area contributed by atoms with Gasteiger partial charge in [0.1, 0.15) is 11.3 Å². The number of aromatic nitrogens is 1. The predicted molar refractivity (Wildman–Crippen MR) is 67.9 cm³/mol. The number of halogens is 1. The number of rotatable bonds is 7. The largest absolute Gasteiger partial charge is 0.475 e. The van der Waals surface area contributed by atoms with Gasteiger partial charge < -0.3 is 9.47 Å². The maximum Gasteiger partial charge on any atom is 0.242 e. The van der Waals surface area contributed by atoms with Gasteiger partial charge in [0.2, 0.25) is 15.9 Å². The van der Waals surface area contributed by atoms with E-state index in [1.807, 2.05) is 0 Å². The van der Waals surface area contributed by atoms with Gasteiger partial charge in [0.05, 0.1) is 18.5 Å². The van der Waals surface area contributed by atoms with E-state index in [1.54, 1.807) is 19.2 Å². The van der Waals surface area contributed by atoms with Crippen LogP contribution in [-0.4, -0.2) is 38.4 Å². The molecule has 0 saturated heterocycles. The van der Waals surface area contributed by atoms with E-state index in [4.69, 9.17) is 9.47 Å². The van der Waals surface area contributed by atoms with Crippen LogP contribution < -0.4 is 9.46 Å². The first-order valence-corrected chi connectivity index (χ1v) is 7.49. The molecule has 0 aliphatic heterocycles. The fourth-order valence-corrected chi connectivity index (χ4v) is 1.84. The highest BCUT2D eigenvalue weighted by molar-refractivity contribution is 9.10. The molecule has 0 fully saturated rings. The van der Waals surface area contributed by atoms with Gasteiger partial charge in [0, 0.05) is 13.2 Å². The van der Waals surface area contributed by atoms with Crippen molar-refractivity contribution in [3.63, 3.8) is 0 Å². The van der Waals surface area contributed by atoms with Crippen molar-refractivity contribution in [1.82, 2.24) is 4.98 Å². The summed E-state index contributed by atoms with van der Waals surface area (Å²) in [4.78, 5) is 3.95. The molecule has 6 nitrogen and oxygen atoms in total. The van der Waals surface area contributed by atoms with Gasteiger partial charge in [-0.05, 0) is 6.07 Å². The first-order chi connectivity index (χ1) is 8.07. The first kappa shape index (κ1) is 14.2. The van der Waals surface area contributed by atoms with Crippen molar-refractivity contribution in [2.45, 2.75) is 0 Å². The van der Waals surface area contributed by atoms with E-state index in [-0.39, 0.29) is 4.66 Å². The molecule has 17 heavy (non-hydrogen) atoms. The average Bonchev–Trinajstić information content (AvgIpc) is 2.31. The van der Waals surface area contributed by atoms with Crippen LogP contribution in [0.3, 0.4) is 0 Å². The van der Waals surface area contributed by atoms with Gasteiger partial charge in [0.25, 0.3) is 0 Å². The SMILES string of the molecule is COCCOc1ccc(NS(=O)(=O)CBr)cn1. The van der Waals surface area contributed by atoms with E-state index in [1.165, 1.54) is 6.20 Å². The molecule has 0 saturated carbocycles. The second kappa shape index (κ2) is 6.77. The summed E-state index contributed by atoms with van der Waals surface area (Å²) in [5.74, 6) is 0.420. The minimum atomic E-state index is -3.34. The van der Waals surface area contributed by atoms with Crippen LogP contribution in [0, 0.1) is 0 Å². The lowest BCUT2D eigenvalue weighted by molar-refractivity contribution is 0.144. The molecule has 0 amide bonds. The molecule has 1 aromatic heterocycles. The number of methoxy groups -OCH3 is 1. The number of hydrogen-bond acceptors (Lipinski definition) is 5. The second-order valence-corrected chi connectivity index (χ2v) is 6.08. The molecule has 1 heterocycles. The van der Waals surface area contributed by atoms with Crippen LogP contribution in [-0.2, 0) is 14.8 Å². The van der Waals surface area contributed by atoms with Crippen LogP contribution in [0.25, 0.3) is 0 Å². The van der Waals surface area contributed by atoms with Gasteiger partial charge in [0.15, 0.2) is 0 Å². The maximum absolute atomic E-state index is 11.2. The minimum Gasteiger partial charge on any atom is -0.475 e. The summed E-state index contributed by atoms with van der Waals surface area (Å²) < 4.78 is 34.7. The normalized spacial score (nSPS) is 11.2. The minimum absolute atomic E-state index is 0.161.